The Balaban J connectivity index is 2.03. The van der Waals surface area contributed by atoms with E-state index in [0.717, 1.165) is 12.0 Å². The van der Waals surface area contributed by atoms with Gasteiger partial charge in [-0.2, -0.15) is 0 Å². The zero-order valence-corrected chi connectivity index (χ0v) is 17.4. The molecule has 1 aliphatic rings. The van der Waals surface area contributed by atoms with Crippen LogP contribution in [0.25, 0.3) is 0 Å². The van der Waals surface area contributed by atoms with Crippen LogP contribution in [0.4, 0.5) is 0 Å². The molecule has 0 bridgehead atoms. The molecule has 0 heterocycles. The van der Waals surface area contributed by atoms with E-state index in [1.807, 2.05) is 12.1 Å². The average Bonchev–Trinajstić information content (AvgIpc) is 2.66. The minimum absolute atomic E-state index is 0.0664. The predicted octanol–water partition coefficient (Wildman–Crippen LogP) is 3.01. The molecule has 0 aromatic heterocycles. The smallest absolute Gasteiger partial charge is 0.261 e. The van der Waals surface area contributed by atoms with Crippen LogP contribution in [-0.4, -0.2) is 37.3 Å². The molecule has 1 aliphatic carbocycles. The van der Waals surface area contributed by atoms with E-state index in [2.05, 4.69) is 69.3 Å². The lowest BCUT2D eigenvalue weighted by molar-refractivity contribution is 0.0359. The van der Waals surface area contributed by atoms with Crippen LogP contribution in [0.5, 0.6) is 0 Å². The zero-order valence-electron chi connectivity index (χ0n) is 16.4. The van der Waals surface area contributed by atoms with E-state index in [4.69, 9.17) is 4.43 Å². The van der Waals surface area contributed by atoms with Gasteiger partial charge in [-0.15, -0.1) is 0 Å². The molecule has 0 unspecified atom stereocenters. The standard InChI is InChI=1S/C23H30O3Si/c1-23(2,3)27(19-10-6-4-7-11-19,20-12-8-5-9-13-20)26-17-18-14-15-21(24)22(25)16-18/h4-13,16,21-22,24-25H,14-15,17H2,1-3H3/t21-,22-/m0/s1. The summed E-state index contributed by atoms with van der Waals surface area (Å²) in [5.41, 5.74) is 1.07. The highest BCUT2D eigenvalue weighted by molar-refractivity contribution is 6.99. The second-order valence-electron chi connectivity index (χ2n) is 8.37. The van der Waals surface area contributed by atoms with Crippen molar-refractivity contribution in [3.8, 4) is 0 Å². The number of aliphatic hydroxyl groups excluding tert-OH is 2. The first kappa shape index (κ1) is 20.0. The maximum atomic E-state index is 10.0. The van der Waals surface area contributed by atoms with E-state index >= 15 is 0 Å². The molecule has 144 valence electrons. The highest BCUT2D eigenvalue weighted by atomic mass is 28.4. The number of hydrogen-bond acceptors (Lipinski definition) is 3. The lowest BCUT2D eigenvalue weighted by Crippen LogP contribution is -2.66. The molecule has 2 N–H and O–H groups in total. The van der Waals surface area contributed by atoms with E-state index in [9.17, 15) is 10.2 Å². The summed E-state index contributed by atoms with van der Waals surface area (Å²) in [6.45, 7) is 7.25. The zero-order chi connectivity index (χ0) is 19.5. The first-order valence-electron chi connectivity index (χ1n) is 9.65. The van der Waals surface area contributed by atoms with Crippen LogP contribution in [-0.2, 0) is 4.43 Å². The number of benzene rings is 2. The minimum Gasteiger partial charge on any atom is -0.403 e. The second kappa shape index (κ2) is 8.11. The van der Waals surface area contributed by atoms with Crippen LogP contribution in [0, 0.1) is 0 Å². The topological polar surface area (TPSA) is 49.7 Å². The van der Waals surface area contributed by atoms with Crippen molar-refractivity contribution >= 4 is 18.7 Å². The normalized spacial score (nSPS) is 21.0. The van der Waals surface area contributed by atoms with Gasteiger partial charge >= 0.3 is 0 Å². The lowest BCUT2D eigenvalue weighted by Gasteiger charge is -2.43. The van der Waals surface area contributed by atoms with Crippen LogP contribution in [0.15, 0.2) is 72.3 Å². The van der Waals surface area contributed by atoms with E-state index in [-0.39, 0.29) is 5.04 Å². The third-order valence-corrected chi connectivity index (χ3v) is 10.4. The summed E-state index contributed by atoms with van der Waals surface area (Å²) < 4.78 is 6.87. The molecule has 0 amide bonds. The Labute approximate surface area is 163 Å². The Hall–Kier alpha value is -1.72. The average molecular weight is 383 g/mol. The summed E-state index contributed by atoms with van der Waals surface area (Å²) in [6, 6.07) is 21.1. The van der Waals surface area contributed by atoms with Gasteiger partial charge in [0.25, 0.3) is 8.32 Å². The largest absolute Gasteiger partial charge is 0.403 e. The predicted molar refractivity (Wildman–Crippen MR) is 113 cm³/mol. The van der Waals surface area contributed by atoms with Gasteiger partial charge in [0.2, 0.25) is 0 Å². The summed E-state index contributed by atoms with van der Waals surface area (Å²) in [4.78, 5) is 0. The fraction of sp³-hybridized carbons (Fsp3) is 0.391. The first-order chi connectivity index (χ1) is 12.8. The van der Waals surface area contributed by atoms with Crippen molar-refractivity contribution in [2.75, 3.05) is 6.61 Å². The molecule has 2 atom stereocenters. The van der Waals surface area contributed by atoms with Gasteiger partial charge in [-0.1, -0.05) is 87.5 Å². The third kappa shape index (κ3) is 4.09. The van der Waals surface area contributed by atoms with Crippen molar-refractivity contribution in [1.29, 1.82) is 0 Å². The van der Waals surface area contributed by atoms with E-state index in [0.29, 0.717) is 13.0 Å². The second-order valence-corrected chi connectivity index (χ2v) is 12.7. The SMILES string of the molecule is CC(C)(C)[Si](OCC1=C[C@H](O)[C@@H](O)CC1)(c1ccccc1)c1ccccc1. The summed E-state index contributed by atoms with van der Waals surface area (Å²) in [7, 11) is -2.56. The fourth-order valence-electron chi connectivity index (χ4n) is 4.02. The van der Waals surface area contributed by atoms with Gasteiger partial charge < -0.3 is 14.6 Å². The molecule has 0 fully saturated rings. The Bertz CT molecular complexity index is 726. The van der Waals surface area contributed by atoms with E-state index in [1.165, 1.54) is 10.4 Å². The van der Waals surface area contributed by atoms with E-state index < -0.39 is 20.5 Å². The van der Waals surface area contributed by atoms with Gasteiger partial charge in [0.15, 0.2) is 0 Å². The quantitative estimate of drug-likeness (QED) is 0.617. The maximum Gasteiger partial charge on any atom is 0.261 e. The molecular formula is C23H30O3Si. The summed E-state index contributed by atoms with van der Waals surface area (Å²) in [5, 5.41) is 22.2. The molecule has 3 nitrogen and oxygen atoms in total. The van der Waals surface area contributed by atoms with Crippen molar-refractivity contribution in [1.82, 2.24) is 0 Å². The summed E-state index contributed by atoms with van der Waals surface area (Å²) in [5.74, 6) is 0. The highest BCUT2D eigenvalue weighted by Crippen LogP contribution is 2.37. The molecule has 0 spiro atoms. The number of rotatable bonds is 5. The highest BCUT2D eigenvalue weighted by Gasteiger charge is 2.50. The number of aliphatic hydroxyl groups is 2. The van der Waals surface area contributed by atoms with Crippen molar-refractivity contribution < 1.29 is 14.6 Å². The van der Waals surface area contributed by atoms with Gasteiger partial charge in [0, 0.05) is 0 Å². The Morgan fingerprint density at radius 3 is 1.89 bits per heavy atom. The van der Waals surface area contributed by atoms with Gasteiger partial charge in [-0.05, 0) is 33.8 Å². The van der Waals surface area contributed by atoms with Gasteiger partial charge in [-0.3, -0.25) is 0 Å². The summed E-state index contributed by atoms with van der Waals surface area (Å²) >= 11 is 0. The molecule has 2 aromatic carbocycles. The molecule has 27 heavy (non-hydrogen) atoms. The molecular weight excluding hydrogens is 352 g/mol. The molecule has 3 rings (SSSR count). The molecule has 0 saturated heterocycles. The summed E-state index contributed by atoms with van der Waals surface area (Å²) in [6.07, 6.45) is 1.65. The van der Waals surface area contributed by atoms with Crippen LogP contribution >= 0.6 is 0 Å². The number of hydrogen-bond donors (Lipinski definition) is 2. The van der Waals surface area contributed by atoms with Gasteiger partial charge in [-0.25, -0.2) is 0 Å². The van der Waals surface area contributed by atoms with Crippen molar-refractivity contribution in [3.05, 3.63) is 72.3 Å². The Morgan fingerprint density at radius 2 is 1.44 bits per heavy atom. The fourth-order valence-corrected chi connectivity index (χ4v) is 8.58. The molecule has 2 aromatic rings. The Kier molecular flexibility index (Phi) is 6.01. The minimum atomic E-state index is -2.56. The first-order valence-corrected chi connectivity index (χ1v) is 11.6. The monoisotopic (exact) mass is 382 g/mol. The van der Waals surface area contributed by atoms with Crippen LogP contribution < -0.4 is 10.4 Å². The molecule has 0 aliphatic heterocycles. The maximum absolute atomic E-state index is 10.0. The molecule has 4 heteroatoms. The third-order valence-electron chi connectivity index (χ3n) is 5.45. The van der Waals surface area contributed by atoms with Gasteiger partial charge in [0.1, 0.15) is 0 Å². The van der Waals surface area contributed by atoms with Crippen molar-refractivity contribution in [2.24, 2.45) is 0 Å². The lowest BCUT2D eigenvalue weighted by atomic mass is 9.96. The van der Waals surface area contributed by atoms with Crippen molar-refractivity contribution in [2.45, 2.75) is 50.9 Å². The van der Waals surface area contributed by atoms with Crippen LogP contribution in [0.1, 0.15) is 33.6 Å². The van der Waals surface area contributed by atoms with Crippen LogP contribution in [0.2, 0.25) is 5.04 Å². The Morgan fingerprint density at radius 1 is 0.926 bits per heavy atom. The van der Waals surface area contributed by atoms with E-state index in [1.54, 1.807) is 6.08 Å². The molecule has 0 radical (unpaired) electrons. The van der Waals surface area contributed by atoms with Crippen LogP contribution in [0.3, 0.4) is 0 Å². The molecule has 0 saturated carbocycles. The van der Waals surface area contributed by atoms with Gasteiger partial charge in [0.05, 0.1) is 18.8 Å². The van der Waals surface area contributed by atoms with Crippen molar-refractivity contribution in [3.63, 3.8) is 0 Å².